The van der Waals surface area contributed by atoms with Gasteiger partial charge in [0.2, 0.25) is 5.91 Å². The Hall–Kier alpha value is -1.88. The number of carbonyl (C=O) groups is 2. The van der Waals surface area contributed by atoms with E-state index in [0.717, 1.165) is 50.0 Å². The van der Waals surface area contributed by atoms with Gasteiger partial charge in [0, 0.05) is 31.2 Å². The van der Waals surface area contributed by atoms with E-state index in [4.69, 9.17) is 0 Å². The maximum absolute atomic E-state index is 13.0. The molecule has 1 amide bonds. The summed E-state index contributed by atoms with van der Waals surface area (Å²) >= 11 is 0. The number of carboxylic acids is 1. The standard InChI is InChI=1S/C25H40N2O3/c1-5-20(6-2)17-26-14-10-8-7-9-11-15-27(24(28)19(3)4)23-13-12-21(25(29)30)16-22(23)18-26/h12-13,16,19-20H,5-11,14-15,17-18H2,1-4H3,(H,29,30). The van der Waals surface area contributed by atoms with Crippen LogP contribution < -0.4 is 4.90 Å². The normalized spacial score (nSPS) is 16.8. The van der Waals surface area contributed by atoms with Crippen molar-refractivity contribution in [3.8, 4) is 0 Å². The fourth-order valence-electron chi connectivity index (χ4n) is 4.29. The quantitative estimate of drug-likeness (QED) is 0.658. The van der Waals surface area contributed by atoms with Crippen molar-refractivity contribution >= 4 is 17.6 Å². The minimum Gasteiger partial charge on any atom is -0.478 e. The van der Waals surface area contributed by atoms with Crippen LogP contribution in [0.25, 0.3) is 0 Å². The average Bonchev–Trinajstić information content (AvgIpc) is 2.72. The number of hydrogen-bond donors (Lipinski definition) is 1. The zero-order valence-corrected chi connectivity index (χ0v) is 19.3. The molecule has 1 N–H and O–H groups in total. The van der Waals surface area contributed by atoms with Gasteiger partial charge in [0.25, 0.3) is 0 Å². The largest absolute Gasteiger partial charge is 0.478 e. The van der Waals surface area contributed by atoms with Crippen molar-refractivity contribution < 1.29 is 14.7 Å². The molecule has 30 heavy (non-hydrogen) atoms. The summed E-state index contributed by atoms with van der Waals surface area (Å²) in [6, 6.07) is 5.27. The van der Waals surface area contributed by atoms with E-state index in [1.165, 1.54) is 19.3 Å². The molecule has 0 atom stereocenters. The average molecular weight is 417 g/mol. The first-order chi connectivity index (χ1) is 14.4. The highest BCUT2D eigenvalue weighted by atomic mass is 16.4. The van der Waals surface area contributed by atoms with Crippen molar-refractivity contribution in [3.63, 3.8) is 0 Å². The third-order valence-electron chi connectivity index (χ3n) is 6.30. The Morgan fingerprint density at radius 3 is 2.23 bits per heavy atom. The highest BCUT2D eigenvalue weighted by molar-refractivity contribution is 5.96. The Kier molecular flexibility index (Phi) is 9.83. The van der Waals surface area contributed by atoms with Crippen molar-refractivity contribution in [2.45, 2.75) is 79.2 Å². The summed E-state index contributed by atoms with van der Waals surface area (Å²) in [6.45, 7) is 11.8. The van der Waals surface area contributed by atoms with Crippen LogP contribution in [0, 0.1) is 11.8 Å². The Balaban J connectivity index is 2.47. The lowest BCUT2D eigenvalue weighted by Gasteiger charge is -2.32. The van der Waals surface area contributed by atoms with Crippen LogP contribution in [0.4, 0.5) is 5.69 Å². The van der Waals surface area contributed by atoms with Crippen molar-refractivity contribution in [3.05, 3.63) is 29.3 Å². The van der Waals surface area contributed by atoms with Gasteiger partial charge in [0.05, 0.1) is 5.56 Å². The van der Waals surface area contributed by atoms with Gasteiger partial charge in [-0.25, -0.2) is 4.79 Å². The second kappa shape index (κ2) is 12.1. The zero-order chi connectivity index (χ0) is 22.1. The summed E-state index contributed by atoms with van der Waals surface area (Å²) in [5, 5.41) is 9.55. The molecule has 0 spiro atoms. The Morgan fingerprint density at radius 2 is 1.63 bits per heavy atom. The Bertz CT molecular complexity index is 698. The molecule has 0 radical (unpaired) electrons. The molecular weight excluding hydrogens is 376 g/mol. The number of fused-ring (bicyclic) bond motifs is 1. The van der Waals surface area contributed by atoms with E-state index in [9.17, 15) is 14.7 Å². The van der Waals surface area contributed by atoms with Crippen LogP contribution in [0.1, 0.15) is 88.6 Å². The third kappa shape index (κ3) is 6.83. The maximum Gasteiger partial charge on any atom is 0.335 e. The minimum absolute atomic E-state index is 0.0921. The van der Waals surface area contributed by atoms with Gasteiger partial charge >= 0.3 is 5.97 Å². The number of amides is 1. The summed E-state index contributed by atoms with van der Waals surface area (Å²) < 4.78 is 0. The van der Waals surface area contributed by atoms with Crippen LogP contribution in [0.3, 0.4) is 0 Å². The third-order valence-corrected chi connectivity index (χ3v) is 6.30. The molecule has 0 bridgehead atoms. The molecule has 5 heteroatoms. The van der Waals surface area contributed by atoms with E-state index in [1.807, 2.05) is 24.8 Å². The second-order valence-electron chi connectivity index (χ2n) is 8.98. The van der Waals surface area contributed by atoms with Gasteiger partial charge in [-0.15, -0.1) is 0 Å². The smallest absolute Gasteiger partial charge is 0.335 e. The van der Waals surface area contributed by atoms with E-state index in [2.05, 4.69) is 18.7 Å². The lowest BCUT2D eigenvalue weighted by atomic mass is 10.00. The van der Waals surface area contributed by atoms with Crippen molar-refractivity contribution in [2.24, 2.45) is 11.8 Å². The van der Waals surface area contributed by atoms with Gasteiger partial charge in [-0.1, -0.05) is 59.8 Å². The van der Waals surface area contributed by atoms with Crippen LogP contribution in [-0.4, -0.2) is 41.5 Å². The Labute approximate surface area is 182 Å². The maximum atomic E-state index is 13.0. The van der Waals surface area contributed by atoms with E-state index in [-0.39, 0.29) is 11.8 Å². The molecule has 1 heterocycles. The first-order valence-corrected chi connectivity index (χ1v) is 11.8. The van der Waals surface area contributed by atoms with Crippen LogP contribution in [0.2, 0.25) is 0 Å². The highest BCUT2D eigenvalue weighted by Gasteiger charge is 2.24. The minimum atomic E-state index is -0.919. The first kappa shape index (κ1) is 24.4. The van der Waals surface area contributed by atoms with Crippen molar-refractivity contribution in [1.29, 1.82) is 0 Å². The molecule has 1 aliphatic rings. The molecule has 0 fully saturated rings. The molecular formula is C25H40N2O3. The second-order valence-corrected chi connectivity index (χ2v) is 8.98. The molecule has 0 aromatic heterocycles. The van der Waals surface area contributed by atoms with Crippen molar-refractivity contribution in [1.82, 2.24) is 4.90 Å². The van der Waals surface area contributed by atoms with Gasteiger partial charge in [0.1, 0.15) is 0 Å². The zero-order valence-electron chi connectivity index (χ0n) is 19.3. The number of rotatable bonds is 6. The lowest BCUT2D eigenvalue weighted by molar-refractivity contribution is -0.121. The summed E-state index contributed by atoms with van der Waals surface area (Å²) in [5.74, 6) is -0.261. The monoisotopic (exact) mass is 416 g/mol. The molecule has 0 saturated carbocycles. The van der Waals surface area contributed by atoms with Crippen molar-refractivity contribution in [2.75, 3.05) is 24.5 Å². The topological polar surface area (TPSA) is 60.9 Å². The Morgan fingerprint density at radius 1 is 1.00 bits per heavy atom. The molecule has 0 unspecified atom stereocenters. The molecule has 168 valence electrons. The van der Waals surface area contributed by atoms with E-state index < -0.39 is 5.97 Å². The predicted molar refractivity (Wildman–Crippen MR) is 123 cm³/mol. The highest BCUT2D eigenvalue weighted by Crippen LogP contribution is 2.28. The summed E-state index contributed by atoms with van der Waals surface area (Å²) in [4.78, 5) is 29.1. The van der Waals surface area contributed by atoms with Crippen LogP contribution in [0.5, 0.6) is 0 Å². The van der Waals surface area contributed by atoms with Gasteiger partial charge in [-0.2, -0.15) is 0 Å². The van der Waals surface area contributed by atoms with Crippen LogP contribution in [0.15, 0.2) is 18.2 Å². The fraction of sp³-hybridized carbons (Fsp3) is 0.680. The van der Waals surface area contributed by atoms with Crippen LogP contribution in [-0.2, 0) is 11.3 Å². The van der Waals surface area contributed by atoms with E-state index in [0.29, 0.717) is 24.6 Å². The molecule has 1 aromatic rings. The SMILES string of the molecule is CCC(CC)CN1CCCCCCCN(C(=O)C(C)C)c2ccc(C(=O)O)cc2C1. The molecule has 0 saturated heterocycles. The van der Waals surface area contributed by atoms with E-state index in [1.54, 1.807) is 12.1 Å². The molecule has 2 rings (SSSR count). The summed E-state index contributed by atoms with van der Waals surface area (Å²) in [5.41, 5.74) is 2.13. The number of anilines is 1. The number of hydrogen-bond acceptors (Lipinski definition) is 3. The molecule has 1 aliphatic heterocycles. The van der Waals surface area contributed by atoms with E-state index >= 15 is 0 Å². The van der Waals surface area contributed by atoms with Crippen LogP contribution >= 0.6 is 0 Å². The fourth-order valence-corrected chi connectivity index (χ4v) is 4.29. The summed E-state index contributed by atoms with van der Waals surface area (Å²) in [7, 11) is 0. The number of carbonyl (C=O) groups excluding carboxylic acids is 1. The van der Waals surface area contributed by atoms with Gasteiger partial charge in [0.15, 0.2) is 0 Å². The number of nitrogens with zero attached hydrogens (tertiary/aromatic N) is 2. The van der Waals surface area contributed by atoms with Gasteiger partial charge in [-0.3, -0.25) is 9.69 Å². The number of carboxylic acid groups (broad SMARTS) is 1. The number of benzene rings is 1. The predicted octanol–water partition coefficient (Wildman–Crippen LogP) is 5.58. The molecule has 5 nitrogen and oxygen atoms in total. The number of aromatic carboxylic acids is 1. The lowest BCUT2D eigenvalue weighted by Crippen LogP contribution is -2.37. The first-order valence-electron chi connectivity index (χ1n) is 11.8. The van der Waals surface area contributed by atoms with Gasteiger partial charge in [-0.05, 0) is 49.1 Å². The molecule has 0 aliphatic carbocycles. The summed E-state index contributed by atoms with van der Waals surface area (Å²) in [6.07, 6.45) is 7.97. The molecule has 1 aromatic carbocycles. The van der Waals surface area contributed by atoms with Gasteiger partial charge < -0.3 is 10.0 Å².